The van der Waals surface area contributed by atoms with Crippen LogP contribution in [0.1, 0.15) is 46.0 Å². The number of nitrogens with zero attached hydrogens (tertiary/aromatic N) is 2. The number of fused-ring (bicyclic) bond motifs is 2. The summed E-state index contributed by atoms with van der Waals surface area (Å²) in [6, 6.07) is 13.5. The molecule has 1 aliphatic heterocycles. The van der Waals surface area contributed by atoms with Crippen LogP contribution in [0.5, 0.6) is 0 Å². The number of carbonyl (C=O) groups is 1. The summed E-state index contributed by atoms with van der Waals surface area (Å²) in [4.78, 5) is 28.4. The molecule has 0 fully saturated rings. The molecule has 0 bridgehead atoms. The lowest BCUT2D eigenvalue weighted by atomic mass is 9.98. The highest BCUT2D eigenvalue weighted by Crippen LogP contribution is 2.41. The second-order valence-corrected chi connectivity index (χ2v) is 7.72. The fourth-order valence-corrected chi connectivity index (χ4v) is 4.13. The van der Waals surface area contributed by atoms with Gasteiger partial charge in [0.05, 0.1) is 17.0 Å². The molecule has 5 rings (SSSR count). The Balaban J connectivity index is 1.82. The van der Waals surface area contributed by atoms with Crippen LogP contribution in [0, 0.1) is 6.92 Å². The normalized spacial score (nSPS) is 15.8. The maximum Gasteiger partial charge on any atom is 0.296 e. The number of hydrogen-bond acceptors (Lipinski definition) is 5. The summed E-state index contributed by atoms with van der Waals surface area (Å²) >= 11 is 6.22. The minimum absolute atomic E-state index is 0.0161. The topological polar surface area (TPSA) is 76.6 Å². The van der Waals surface area contributed by atoms with Gasteiger partial charge in [0.15, 0.2) is 11.2 Å². The van der Waals surface area contributed by atoms with E-state index in [1.165, 1.54) is 4.90 Å². The van der Waals surface area contributed by atoms with E-state index in [0.29, 0.717) is 33.1 Å². The fraction of sp³-hybridized carbons (Fsp3) is 0.174. The lowest BCUT2D eigenvalue weighted by Gasteiger charge is -2.22. The summed E-state index contributed by atoms with van der Waals surface area (Å²) in [6.07, 6.45) is 0.785. The summed E-state index contributed by atoms with van der Waals surface area (Å²) in [6.45, 7) is 3.76. The molecule has 0 radical (unpaired) electrons. The zero-order valence-electron chi connectivity index (χ0n) is 16.3. The Labute approximate surface area is 176 Å². The van der Waals surface area contributed by atoms with Gasteiger partial charge >= 0.3 is 0 Å². The highest BCUT2D eigenvalue weighted by atomic mass is 35.5. The Morgan fingerprint density at radius 1 is 1.13 bits per heavy atom. The molecule has 0 unspecified atom stereocenters. The number of aryl methyl sites for hydroxylation is 2. The molecule has 1 aliphatic rings. The zero-order valence-corrected chi connectivity index (χ0v) is 17.1. The standard InChI is InChI=1S/C23H17ClN2O4/c1-3-13-7-8-17-16(10-13)21(27)19-20(14-5-4-6-15(24)11-14)26(23(28)22(19)29-17)18-9-12(2)30-25-18/h4-11,20H,3H2,1-2H3/t20-/m1/s1. The van der Waals surface area contributed by atoms with Gasteiger partial charge in [0.2, 0.25) is 5.76 Å². The van der Waals surface area contributed by atoms with Crippen molar-refractivity contribution in [1.29, 1.82) is 0 Å². The number of rotatable bonds is 3. The van der Waals surface area contributed by atoms with E-state index in [1.54, 1.807) is 37.3 Å². The molecule has 150 valence electrons. The molecule has 1 atom stereocenters. The highest BCUT2D eigenvalue weighted by molar-refractivity contribution is 6.30. The molecule has 4 aromatic rings. The third-order valence-electron chi connectivity index (χ3n) is 5.37. The van der Waals surface area contributed by atoms with Crippen LogP contribution in [0.2, 0.25) is 5.02 Å². The molecule has 3 heterocycles. The van der Waals surface area contributed by atoms with Crippen LogP contribution in [-0.4, -0.2) is 11.1 Å². The molecule has 7 heteroatoms. The average molecular weight is 421 g/mol. The van der Waals surface area contributed by atoms with Gasteiger partial charge < -0.3 is 8.94 Å². The van der Waals surface area contributed by atoms with Crippen LogP contribution in [0.15, 0.2) is 62.3 Å². The number of amides is 1. The number of anilines is 1. The van der Waals surface area contributed by atoms with Crippen molar-refractivity contribution in [3.63, 3.8) is 0 Å². The van der Waals surface area contributed by atoms with Crippen molar-refractivity contribution in [3.8, 4) is 0 Å². The highest BCUT2D eigenvalue weighted by Gasteiger charge is 2.44. The molecular formula is C23H17ClN2O4. The number of hydrogen-bond donors (Lipinski definition) is 0. The molecular weight excluding hydrogens is 404 g/mol. The first-order valence-corrected chi connectivity index (χ1v) is 9.97. The Morgan fingerprint density at radius 3 is 2.67 bits per heavy atom. The molecule has 2 aromatic carbocycles. The minimum atomic E-state index is -0.721. The molecule has 30 heavy (non-hydrogen) atoms. The van der Waals surface area contributed by atoms with Crippen LogP contribution in [0.25, 0.3) is 11.0 Å². The number of halogens is 1. The maximum atomic E-state index is 13.6. The van der Waals surface area contributed by atoms with Crippen LogP contribution in [-0.2, 0) is 6.42 Å². The molecule has 2 aromatic heterocycles. The quantitative estimate of drug-likeness (QED) is 0.463. The van der Waals surface area contributed by atoms with Gasteiger partial charge in [-0.1, -0.05) is 41.9 Å². The van der Waals surface area contributed by atoms with Crippen molar-refractivity contribution >= 4 is 34.3 Å². The van der Waals surface area contributed by atoms with E-state index in [1.807, 2.05) is 25.1 Å². The van der Waals surface area contributed by atoms with Crippen molar-refractivity contribution in [1.82, 2.24) is 5.16 Å². The van der Waals surface area contributed by atoms with E-state index < -0.39 is 11.9 Å². The lowest BCUT2D eigenvalue weighted by molar-refractivity contribution is 0.0969. The third-order valence-corrected chi connectivity index (χ3v) is 5.60. The van der Waals surface area contributed by atoms with E-state index >= 15 is 0 Å². The van der Waals surface area contributed by atoms with Crippen LogP contribution in [0.3, 0.4) is 0 Å². The van der Waals surface area contributed by atoms with Crippen LogP contribution >= 0.6 is 11.6 Å². The monoisotopic (exact) mass is 420 g/mol. The van der Waals surface area contributed by atoms with E-state index in [9.17, 15) is 9.59 Å². The predicted octanol–water partition coefficient (Wildman–Crippen LogP) is 5.06. The average Bonchev–Trinajstić information content (AvgIpc) is 3.29. The predicted molar refractivity (Wildman–Crippen MR) is 113 cm³/mol. The van der Waals surface area contributed by atoms with E-state index in [0.717, 1.165) is 12.0 Å². The minimum Gasteiger partial charge on any atom is -0.450 e. The molecule has 6 nitrogen and oxygen atoms in total. The van der Waals surface area contributed by atoms with Crippen molar-refractivity contribution in [2.75, 3.05) is 4.90 Å². The first-order chi connectivity index (χ1) is 14.5. The van der Waals surface area contributed by atoms with Gasteiger partial charge in [-0.3, -0.25) is 14.5 Å². The smallest absolute Gasteiger partial charge is 0.296 e. The van der Waals surface area contributed by atoms with Gasteiger partial charge in [-0.15, -0.1) is 0 Å². The summed E-state index contributed by atoms with van der Waals surface area (Å²) < 4.78 is 11.1. The molecule has 0 aliphatic carbocycles. The first kappa shape index (κ1) is 18.6. The Morgan fingerprint density at radius 2 is 1.97 bits per heavy atom. The third kappa shape index (κ3) is 2.75. The Hall–Kier alpha value is -3.38. The molecule has 1 amide bonds. The molecule has 0 spiro atoms. The van der Waals surface area contributed by atoms with Gasteiger partial charge in [0.1, 0.15) is 11.3 Å². The van der Waals surface area contributed by atoms with E-state index in [4.69, 9.17) is 20.5 Å². The number of benzene rings is 2. The van der Waals surface area contributed by atoms with Gasteiger partial charge in [-0.25, -0.2) is 0 Å². The summed E-state index contributed by atoms with van der Waals surface area (Å²) in [5.41, 5.74) is 2.13. The largest absolute Gasteiger partial charge is 0.450 e. The zero-order chi connectivity index (χ0) is 21.0. The van der Waals surface area contributed by atoms with Gasteiger partial charge in [-0.2, -0.15) is 0 Å². The van der Waals surface area contributed by atoms with E-state index in [2.05, 4.69) is 5.16 Å². The van der Waals surface area contributed by atoms with Gasteiger partial charge in [-0.05, 0) is 48.7 Å². The van der Waals surface area contributed by atoms with Gasteiger partial charge in [0.25, 0.3) is 5.91 Å². The maximum absolute atomic E-state index is 13.6. The van der Waals surface area contributed by atoms with Gasteiger partial charge in [0, 0.05) is 11.1 Å². The van der Waals surface area contributed by atoms with Crippen LogP contribution in [0.4, 0.5) is 5.82 Å². The summed E-state index contributed by atoms with van der Waals surface area (Å²) in [7, 11) is 0. The summed E-state index contributed by atoms with van der Waals surface area (Å²) in [5, 5.41) is 4.96. The van der Waals surface area contributed by atoms with Crippen molar-refractivity contribution < 1.29 is 13.7 Å². The Kier molecular flexibility index (Phi) is 4.25. The number of carbonyl (C=O) groups excluding carboxylic acids is 1. The Bertz CT molecular complexity index is 1370. The molecule has 0 saturated carbocycles. The SMILES string of the molecule is CCc1ccc2oc3c(c(=O)c2c1)[C@@H](c1cccc(Cl)c1)N(c1cc(C)on1)C3=O. The number of aromatic nitrogens is 1. The van der Waals surface area contributed by atoms with Crippen molar-refractivity contribution in [3.05, 3.63) is 92.0 Å². The second-order valence-electron chi connectivity index (χ2n) is 7.29. The second kappa shape index (κ2) is 6.85. The van der Waals surface area contributed by atoms with Crippen molar-refractivity contribution in [2.24, 2.45) is 0 Å². The fourth-order valence-electron chi connectivity index (χ4n) is 3.94. The van der Waals surface area contributed by atoms with E-state index in [-0.39, 0.29) is 16.8 Å². The lowest BCUT2D eigenvalue weighted by Crippen LogP contribution is -2.29. The molecule has 0 N–H and O–H groups in total. The molecule has 0 saturated heterocycles. The first-order valence-electron chi connectivity index (χ1n) is 9.60. The van der Waals surface area contributed by atoms with Crippen LogP contribution < -0.4 is 10.3 Å². The van der Waals surface area contributed by atoms with Crippen molar-refractivity contribution in [2.45, 2.75) is 26.3 Å². The summed E-state index contributed by atoms with van der Waals surface area (Å²) in [5.74, 6) is 0.437.